The lowest BCUT2D eigenvalue weighted by atomic mass is 10.2. The quantitative estimate of drug-likeness (QED) is 0.525. The summed E-state index contributed by atoms with van der Waals surface area (Å²) < 4.78 is 15.5. The van der Waals surface area contributed by atoms with Crippen molar-refractivity contribution in [3.05, 3.63) is 92.9 Å². The second-order valence-corrected chi connectivity index (χ2v) is 7.09. The first kappa shape index (κ1) is 18.7. The normalized spacial score (nSPS) is 10.8. The molecule has 0 aliphatic heterocycles. The highest BCUT2D eigenvalue weighted by atomic mass is 32.1. The van der Waals surface area contributed by atoms with Gasteiger partial charge in [-0.3, -0.25) is 9.78 Å². The minimum absolute atomic E-state index is 0.196. The Bertz CT molecular complexity index is 1180. The van der Waals surface area contributed by atoms with Gasteiger partial charge in [0.1, 0.15) is 18.0 Å². The predicted molar refractivity (Wildman–Crippen MR) is 104 cm³/mol. The monoisotopic (exact) mass is 410 g/mol. The highest BCUT2D eigenvalue weighted by Crippen LogP contribution is 2.08. The molecule has 0 saturated heterocycles. The standard InChI is InChI=1S/C19H15FN6O2S/c20-15-3-1-13(2-4-15)10-26-19(28)25(11-24-26)17-7-14(5-6-22-17)18(27)23-9-16-8-21-12-29-16/h1-8,11-12H,9-10H2,(H,23,27). The topological polar surface area (TPSA) is 94.7 Å². The summed E-state index contributed by atoms with van der Waals surface area (Å²) in [6.07, 6.45) is 4.49. The smallest absolute Gasteiger partial charge is 0.347 e. The Labute approximate surface area is 168 Å². The highest BCUT2D eigenvalue weighted by molar-refractivity contribution is 7.09. The van der Waals surface area contributed by atoms with Crippen LogP contribution in [-0.2, 0) is 13.1 Å². The Hall–Kier alpha value is -3.66. The molecule has 0 fully saturated rings. The lowest BCUT2D eigenvalue weighted by Crippen LogP contribution is -2.26. The second-order valence-electron chi connectivity index (χ2n) is 6.12. The molecule has 0 aliphatic rings. The molecule has 0 unspecified atom stereocenters. The summed E-state index contributed by atoms with van der Waals surface area (Å²) in [7, 11) is 0. The fourth-order valence-electron chi connectivity index (χ4n) is 2.66. The highest BCUT2D eigenvalue weighted by Gasteiger charge is 2.12. The number of rotatable bonds is 6. The van der Waals surface area contributed by atoms with E-state index in [1.54, 1.807) is 29.9 Å². The van der Waals surface area contributed by atoms with Crippen molar-refractivity contribution in [2.75, 3.05) is 0 Å². The van der Waals surface area contributed by atoms with Crippen molar-refractivity contribution < 1.29 is 9.18 Å². The summed E-state index contributed by atoms with van der Waals surface area (Å²) >= 11 is 1.45. The number of nitrogens with zero attached hydrogens (tertiary/aromatic N) is 5. The first-order valence-corrected chi connectivity index (χ1v) is 9.49. The van der Waals surface area contributed by atoms with Gasteiger partial charge in [-0.25, -0.2) is 23.4 Å². The lowest BCUT2D eigenvalue weighted by molar-refractivity contribution is 0.0951. The number of hydrogen-bond acceptors (Lipinski definition) is 6. The van der Waals surface area contributed by atoms with Crippen LogP contribution in [0.5, 0.6) is 0 Å². The molecule has 1 N–H and O–H groups in total. The zero-order chi connectivity index (χ0) is 20.2. The van der Waals surface area contributed by atoms with Crippen molar-refractivity contribution in [2.24, 2.45) is 0 Å². The van der Waals surface area contributed by atoms with Gasteiger partial charge in [-0.2, -0.15) is 5.10 Å². The van der Waals surface area contributed by atoms with Crippen LogP contribution in [0.2, 0.25) is 0 Å². The molecule has 146 valence electrons. The van der Waals surface area contributed by atoms with Gasteiger partial charge in [0.2, 0.25) is 0 Å². The fourth-order valence-corrected chi connectivity index (χ4v) is 3.19. The molecule has 0 atom stereocenters. The summed E-state index contributed by atoms with van der Waals surface area (Å²) in [5.74, 6) is -0.346. The number of carbonyl (C=O) groups is 1. The van der Waals surface area contributed by atoms with Crippen molar-refractivity contribution in [3.8, 4) is 5.82 Å². The number of benzene rings is 1. The fraction of sp³-hybridized carbons (Fsp3) is 0.105. The van der Waals surface area contributed by atoms with E-state index in [4.69, 9.17) is 0 Å². The van der Waals surface area contributed by atoms with Crippen molar-refractivity contribution in [1.82, 2.24) is 29.6 Å². The van der Waals surface area contributed by atoms with Crippen LogP contribution >= 0.6 is 11.3 Å². The van der Waals surface area contributed by atoms with Gasteiger partial charge in [-0.1, -0.05) is 12.1 Å². The number of aromatic nitrogens is 5. The molecule has 0 spiro atoms. The Morgan fingerprint density at radius 1 is 1.21 bits per heavy atom. The number of carbonyl (C=O) groups excluding carboxylic acids is 1. The van der Waals surface area contributed by atoms with E-state index in [9.17, 15) is 14.0 Å². The molecular formula is C19H15FN6O2S. The van der Waals surface area contributed by atoms with Crippen LogP contribution in [0.1, 0.15) is 20.8 Å². The van der Waals surface area contributed by atoms with Gasteiger partial charge in [0.15, 0.2) is 0 Å². The molecule has 8 nitrogen and oxygen atoms in total. The van der Waals surface area contributed by atoms with E-state index < -0.39 is 5.69 Å². The van der Waals surface area contributed by atoms with E-state index in [2.05, 4.69) is 20.4 Å². The largest absolute Gasteiger partial charge is 0.351 e. The molecule has 3 heterocycles. The Balaban J connectivity index is 1.52. The van der Waals surface area contributed by atoms with Crippen LogP contribution in [0, 0.1) is 5.82 Å². The first-order chi connectivity index (χ1) is 14.1. The Morgan fingerprint density at radius 2 is 2.03 bits per heavy atom. The van der Waals surface area contributed by atoms with Crippen molar-refractivity contribution >= 4 is 17.2 Å². The maximum Gasteiger partial charge on any atom is 0.351 e. The summed E-state index contributed by atoms with van der Waals surface area (Å²) in [6.45, 7) is 0.567. The minimum atomic E-state index is -0.413. The first-order valence-electron chi connectivity index (χ1n) is 8.61. The van der Waals surface area contributed by atoms with Crippen LogP contribution in [0.25, 0.3) is 5.82 Å². The number of amides is 1. The molecule has 1 amide bonds. The Morgan fingerprint density at radius 3 is 2.79 bits per heavy atom. The third kappa shape index (κ3) is 4.27. The van der Waals surface area contributed by atoms with Gasteiger partial charge in [0.05, 0.1) is 18.6 Å². The number of hydrogen-bond donors (Lipinski definition) is 1. The molecule has 0 bridgehead atoms. The van der Waals surface area contributed by atoms with Gasteiger partial charge < -0.3 is 5.32 Å². The van der Waals surface area contributed by atoms with Crippen LogP contribution in [0.3, 0.4) is 0 Å². The number of pyridine rings is 1. The van der Waals surface area contributed by atoms with E-state index >= 15 is 0 Å². The van der Waals surface area contributed by atoms with Crippen LogP contribution in [0.4, 0.5) is 4.39 Å². The number of thiazole rings is 1. The van der Waals surface area contributed by atoms with E-state index in [0.717, 1.165) is 10.4 Å². The lowest BCUT2D eigenvalue weighted by Gasteiger charge is -2.05. The average molecular weight is 410 g/mol. The van der Waals surface area contributed by atoms with Gasteiger partial charge in [0, 0.05) is 22.8 Å². The molecule has 3 aromatic heterocycles. The third-order valence-corrected chi connectivity index (χ3v) is 4.92. The van der Waals surface area contributed by atoms with Crippen molar-refractivity contribution in [2.45, 2.75) is 13.1 Å². The van der Waals surface area contributed by atoms with Gasteiger partial charge in [-0.05, 0) is 29.8 Å². The molecular weight excluding hydrogens is 395 g/mol. The Kier molecular flexibility index (Phi) is 5.25. The van der Waals surface area contributed by atoms with Crippen molar-refractivity contribution in [1.29, 1.82) is 0 Å². The molecule has 4 rings (SSSR count). The maximum absolute atomic E-state index is 13.0. The molecule has 0 saturated carbocycles. The molecule has 4 aromatic rings. The maximum atomic E-state index is 13.0. The predicted octanol–water partition coefficient (Wildman–Crippen LogP) is 2.00. The van der Waals surface area contributed by atoms with E-state index in [-0.39, 0.29) is 24.1 Å². The van der Waals surface area contributed by atoms with E-state index in [0.29, 0.717) is 12.1 Å². The van der Waals surface area contributed by atoms with Gasteiger partial charge in [-0.15, -0.1) is 11.3 Å². The summed E-state index contributed by atoms with van der Waals surface area (Å²) in [6, 6.07) is 8.92. The van der Waals surface area contributed by atoms with Gasteiger partial charge in [0.25, 0.3) is 5.91 Å². The minimum Gasteiger partial charge on any atom is -0.347 e. The summed E-state index contributed by atoms with van der Waals surface area (Å²) in [5.41, 5.74) is 2.40. The van der Waals surface area contributed by atoms with E-state index in [1.807, 2.05) is 0 Å². The second kappa shape index (κ2) is 8.15. The van der Waals surface area contributed by atoms with Crippen LogP contribution in [-0.4, -0.2) is 30.2 Å². The molecule has 0 radical (unpaired) electrons. The molecule has 29 heavy (non-hydrogen) atoms. The zero-order valence-corrected chi connectivity index (χ0v) is 15.8. The molecule has 10 heteroatoms. The van der Waals surface area contributed by atoms with E-state index in [1.165, 1.54) is 51.3 Å². The average Bonchev–Trinajstić information content (AvgIpc) is 3.38. The SMILES string of the molecule is O=C(NCc1cncs1)c1ccnc(-n2cnn(Cc3ccc(F)cc3)c2=O)c1. The number of halogens is 1. The summed E-state index contributed by atoms with van der Waals surface area (Å²) in [5, 5.41) is 6.88. The third-order valence-electron chi connectivity index (χ3n) is 4.14. The van der Waals surface area contributed by atoms with Crippen molar-refractivity contribution in [3.63, 3.8) is 0 Å². The van der Waals surface area contributed by atoms with Crippen LogP contribution < -0.4 is 11.0 Å². The summed E-state index contributed by atoms with van der Waals surface area (Å²) in [4.78, 5) is 34.1. The zero-order valence-electron chi connectivity index (χ0n) is 15.0. The molecule has 1 aromatic carbocycles. The number of nitrogens with one attached hydrogen (secondary N) is 1. The van der Waals surface area contributed by atoms with Crippen LogP contribution in [0.15, 0.2) is 65.4 Å². The molecule has 0 aliphatic carbocycles. The van der Waals surface area contributed by atoms with Gasteiger partial charge >= 0.3 is 5.69 Å².